The summed E-state index contributed by atoms with van der Waals surface area (Å²) in [6.45, 7) is -3.28. The molecule has 3 aromatic heterocycles. The average molecular weight is 894 g/mol. The fourth-order valence-electron chi connectivity index (χ4n) is 5.48. The minimum Gasteiger partial charge on any atom is -0.394 e. The SMILES string of the molecule is O=CC(COP(=O)(O)OC1C(COP(=O)(O)OC2C(CO)OC(n3ccc(=O)[nH]c3=O)C2O)OC(n2ccc(=O)[nH]c2=O)C1O)OC(C=O)n1ccc(=O)[nH]c1=O.[K+]. The van der Waals surface area contributed by atoms with Crippen LogP contribution in [-0.2, 0) is 51.0 Å². The Morgan fingerprint density at radius 3 is 1.66 bits per heavy atom. The van der Waals surface area contributed by atoms with Gasteiger partial charge in [0, 0.05) is 36.8 Å². The molecule has 28 nitrogen and oxygen atoms in total. The van der Waals surface area contributed by atoms with Crippen molar-refractivity contribution >= 4 is 28.2 Å². The van der Waals surface area contributed by atoms with E-state index in [9.17, 15) is 72.6 Å². The second kappa shape index (κ2) is 20.0. The predicted molar refractivity (Wildman–Crippen MR) is 178 cm³/mol. The number of aldehydes is 2. The number of phosphoric acid groups is 2. The van der Waals surface area contributed by atoms with Gasteiger partial charge in [0.25, 0.3) is 16.7 Å². The average Bonchev–Trinajstić information content (AvgIpc) is 3.61. The van der Waals surface area contributed by atoms with Crippen LogP contribution in [0.3, 0.4) is 0 Å². The number of H-pyrrole nitrogens is 3. The van der Waals surface area contributed by atoms with Gasteiger partial charge in [-0.3, -0.25) is 65.9 Å². The van der Waals surface area contributed by atoms with Gasteiger partial charge in [0.05, 0.1) is 19.8 Å². The zero-order valence-corrected chi connectivity index (χ0v) is 34.3. The molecule has 0 amide bonds. The largest absolute Gasteiger partial charge is 1.00 e. The van der Waals surface area contributed by atoms with Crippen molar-refractivity contribution < 1.29 is 128 Å². The number of aromatic nitrogens is 6. The van der Waals surface area contributed by atoms with Gasteiger partial charge >= 0.3 is 84.1 Å². The quantitative estimate of drug-likeness (QED) is 0.0334. The van der Waals surface area contributed by atoms with E-state index in [1.165, 1.54) is 0 Å². The monoisotopic (exact) mass is 893 g/mol. The van der Waals surface area contributed by atoms with E-state index in [0.29, 0.717) is 13.7 Å². The molecular weight excluding hydrogens is 861 g/mol. The number of ether oxygens (including phenoxy) is 3. The molecule has 58 heavy (non-hydrogen) atoms. The maximum atomic E-state index is 13.1. The predicted octanol–water partition coefficient (Wildman–Crippen LogP) is -8.56. The van der Waals surface area contributed by atoms with Crippen molar-refractivity contribution in [1.29, 1.82) is 0 Å². The first-order valence-electron chi connectivity index (χ1n) is 16.0. The van der Waals surface area contributed by atoms with E-state index in [-0.39, 0.29) is 64.0 Å². The summed E-state index contributed by atoms with van der Waals surface area (Å²) < 4.78 is 64.0. The van der Waals surface area contributed by atoms with Gasteiger partial charge in [-0.2, -0.15) is 0 Å². The van der Waals surface area contributed by atoms with Gasteiger partial charge in [-0.1, -0.05) is 0 Å². The topological polar surface area (TPSA) is 399 Å². The number of aliphatic hydroxyl groups excluding tert-OH is 3. The van der Waals surface area contributed by atoms with Gasteiger partial charge in [0.15, 0.2) is 31.3 Å². The normalized spacial score (nSPS) is 27.5. The number of nitrogens with zero attached hydrogens (tertiary/aromatic N) is 3. The van der Waals surface area contributed by atoms with Crippen molar-refractivity contribution in [3.05, 3.63) is 99.3 Å². The molecule has 312 valence electrons. The van der Waals surface area contributed by atoms with E-state index >= 15 is 0 Å². The van der Waals surface area contributed by atoms with Crippen LogP contribution in [0, 0.1) is 0 Å². The Kier molecular flexibility index (Phi) is 16.5. The van der Waals surface area contributed by atoms with Crippen LogP contribution >= 0.6 is 15.6 Å². The number of carbonyl (C=O) groups is 2. The fourth-order valence-corrected chi connectivity index (χ4v) is 7.41. The first-order chi connectivity index (χ1) is 26.9. The summed E-state index contributed by atoms with van der Waals surface area (Å²) in [6.07, 6.45) is -16.1. The molecule has 3 aromatic rings. The van der Waals surface area contributed by atoms with E-state index in [0.717, 1.165) is 36.8 Å². The van der Waals surface area contributed by atoms with Crippen molar-refractivity contribution in [2.75, 3.05) is 19.8 Å². The molecule has 0 aliphatic carbocycles. The Bertz CT molecular complexity index is 2400. The van der Waals surface area contributed by atoms with Crippen LogP contribution in [-0.4, -0.2) is 129 Å². The molecule has 2 fully saturated rings. The zero-order valence-electron chi connectivity index (χ0n) is 29.4. The third-order valence-corrected chi connectivity index (χ3v) is 10.0. The molecule has 2 aliphatic heterocycles. The van der Waals surface area contributed by atoms with Crippen LogP contribution in [0.15, 0.2) is 65.6 Å². The van der Waals surface area contributed by atoms with Gasteiger partial charge in [-0.05, 0) is 0 Å². The Morgan fingerprint density at radius 1 is 0.724 bits per heavy atom. The van der Waals surface area contributed by atoms with Crippen LogP contribution in [0.2, 0.25) is 0 Å². The molecule has 12 unspecified atom stereocenters. The molecule has 0 bridgehead atoms. The van der Waals surface area contributed by atoms with Crippen LogP contribution in [0.5, 0.6) is 0 Å². The Labute approximate surface area is 362 Å². The van der Waals surface area contributed by atoms with E-state index in [1.54, 1.807) is 0 Å². The Balaban J connectivity index is 0.00000744. The summed E-state index contributed by atoms with van der Waals surface area (Å²) in [5, 5.41) is 31.7. The molecule has 0 spiro atoms. The fraction of sp³-hybridized carbons (Fsp3) is 0.481. The van der Waals surface area contributed by atoms with Crippen molar-refractivity contribution in [2.45, 2.75) is 61.4 Å². The van der Waals surface area contributed by atoms with Crippen LogP contribution < -0.4 is 85.1 Å². The summed E-state index contributed by atoms with van der Waals surface area (Å²) >= 11 is 0. The summed E-state index contributed by atoms with van der Waals surface area (Å²) in [6, 6.07) is 2.58. The number of carbonyl (C=O) groups excluding carboxylic acids is 2. The van der Waals surface area contributed by atoms with E-state index in [1.807, 2.05) is 15.0 Å². The number of hydrogen-bond donors (Lipinski definition) is 8. The first kappa shape index (κ1) is 47.7. The molecular formula is C27H32KN6O22P2+. The third-order valence-electron chi connectivity index (χ3n) is 8.07. The minimum absolute atomic E-state index is 0. The molecule has 8 N–H and O–H groups in total. The van der Waals surface area contributed by atoms with E-state index in [2.05, 4.69) is 0 Å². The standard InChI is InChI=1S/C27H32N6O22P2.K/c34-7-12(51-18(9-36)31-4-1-15(37)28-25(31)42)10-49-56(45,46)55-22-14(53-24(20(22)41)33-6-3-17(39)30-27(33)44)11-50-57(47,48)54-21-13(8-35)52-23(19(21)40)32-5-2-16(38)29-26(32)43;/h1-7,9,12-14,18-24,35,40-41H,8,10-11H2,(H,45,46)(H,47,48)(H,28,37,42)(H,29,38,43)(H,30,39,44);/q;+1. The van der Waals surface area contributed by atoms with Gasteiger partial charge < -0.3 is 44.1 Å². The van der Waals surface area contributed by atoms with Crippen LogP contribution in [0.4, 0.5) is 0 Å². The summed E-state index contributed by atoms with van der Waals surface area (Å²) in [5.74, 6) is 0. The maximum absolute atomic E-state index is 13.1. The second-order valence-electron chi connectivity index (χ2n) is 11.9. The van der Waals surface area contributed by atoms with Crippen LogP contribution in [0.25, 0.3) is 0 Å². The molecule has 0 saturated carbocycles. The molecule has 5 heterocycles. The molecule has 2 saturated heterocycles. The van der Waals surface area contributed by atoms with Gasteiger partial charge in [-0.25, -0.2) is 23.5 Å². The summed E-state index contributed by atoms with van der Waals surface area (Å²) in [7, 11) is -10.9. The smallest absolute Gasteiger partial charge is 0.394 e. The Hall–Kier alpha value is -3.00. The third kappa shape index (κ3) is 11.4. The van der Waals surface area contributed by atoms with Crippen molar-refractivity contribution in [1.82, 2.24) is 28.7 Å². The molecule has 31 heteroatoms. The first-order valence-corrected chi connectivity index (χ1v) is 19.0. The minimum atomic E-state index is -5.49. The molecule has 12 atom stereocenters. The van der Waals surface area contributed by atoms with Gasteiger partial charge in [-0.15, -0.1) is 0 Å². The second-order valence-corrected chi connectivity index (χ2v) is 14.7. The van der Waals surface area contributed by atoms with Crippen molar-refractivity contribution in [2.24, 2.45) is 0 Å². The number of phosphoric ester groups is 2. The number of hydrogen-bond acceptors (Lipinski definition) is 20. The summed E-state index contributed by atoms with van der Waals surface area (Å²) in [5.41, 5.74) is -5.83. The Morgan fingerprint density at radius 2 is 1.19 bits per heavy atom. The van der Waals surface area contributed by atoms with Crippen molar-refractivity contribution in [3.8, 4) is 0 Å². The maximum Gasteiger partial charge on any atom is 1.00 e. The van der Waals surface area contributed by atoms with Gasteiger partial charge in [0.1, 0.15) is 42.7 Å². The molecule has 0 aromatic carbocycles. The van der Waals surface area contributed by atoms with E-state index < -0.39 is 131 Å². The number of aromatic amines is 3. The van der Waals surface area contributed by atoms with Crippen molar-refractivity contribution in [3.63, 3.8) is 0 Å². The number of rotatable bonds is 18. The zero-order chi connectivity index (χ0) is 41.8. The molecule has 5 rings (SSSR count). The van der Waals surface area contributed by atoms with E-state index in [4.69, 9.17) is 32.3 Å². The van der Waals surface area contributed by atoms with Crippen LogP contribution in [0.1, 0.15) is 18.7 Å². The summed E-state index contributed by atoms with van der Waals surface area (Å²) in [4.78, 5) is 121. The molecule has 2 aliphatic rings. The van der Waals surface area contributed by atoms with Gasteiger partial charge in [0.2, 0.25) is 0 Å². The number of nitrogens with one attached hydrogen (secondary N) is 3. The molecule has 0 radical (unpaired) electrons. The number of aliphatic hydroxyl groups is 3.